The highest BCUT2D eigenvalue weighted by atomic mass is 35.5. The molecule has 4 heteroatoms. The van der Waals surface area contributed by atoms with Gasteiger partial charge in [-0.3, -0.25) is 0 Å². The molecule has 1 aromatic rings. The molecule has 2 nitrogen and oxygen atoms in total. The molecule has 0 amide bonds. The Morgan fingerprint density at radius 1 is 1.14 bits per heavy atom. The van der Waals surface area contributed by atoms with Crippen LogP contribution in [0, 0.1) is 0 Å². The second-order valence-electron chi connectivity index (χ2n) is 3.39. The third kappa shape index (κ3) is 4.18. The molecule has 1 N–H and O–H groups in total. The Hall–Kier alpha value is -0.440. The zero-order valence-electron chi connectivity index (χ0n) is 8.35. The van der Waals surface area contributed by atoms with Crippen LogP contribution < -0.4 is 5.32 Å². The molecular weight excluding hydrogens is 219 g/mol. The minimum atomic E-state index is 0.657. The number of hydrogen-bond acceptors (Lipinski definition) is 2. The smallest absolute Gasteiger partial charge is 0.0441 e. The molecule has 0 radical (unpaired) electrons. The SMILES string of the molecule is CN(C)CCNc1cc(Cl)cc(Cl)c1. The first-order valence-corrected chi connectivity index (χ1v) is 5.18. The Morgan fingerprint density at radius 2 is 1.71 bits per heavy atom. The minimum Gasteiger partial charge on any atom is -0.384 e. The molecule has 0 fully saturated rings. The van der Waals surface area contributed by atoms with Crippen LogP contribution in [0.25, 0.3) is 0 Å². The quantitative estimate of drug-likeness (QED) is 0.859. The highest BCUT2D eigenvalue weighted by Crippen LogP contribution is 2.22. The topological polar surface area (TPSA) is 15.3 Å². The molecule has 1 aromatic carbocycles. The van der Waals surface area contributed by atoms with E-state index in [0.717, 1.165) is 18.8 Å². The van der Waals surface area contributed by atoms with Crippen LogP contribution in [0.4, 0.5) is 5.69 Å². The highest BCUT2D eigenvalue weighted by Gasteiger charge is 1.97. The Balaban J connectivity index is 2.50. The molecule has 0 aliphatic rings. The van der Waals surface area contributed by atoms with Crippen LogP contribution in [0.2, 0.25) is 10.0 Å². The lowest BCUT2D eigenvalue weighted by molar-refractivity contribution is 0.425. The van der Waals surface area contributed by atoms with E-state index in [9.17, 15) is 0 Å². The van der Waals surface area contributed by atoms with E-state index in [4.69, 9.17) is 23.2 Å². The summed E-state index contributed by atoms with van der Waals surface area (Å²) in [4.78, 5) is 2.11. The van der Waals surface area contributed by atoms with E-state index in [1.54, 1.807) is 6.07 Å². The fraction of sp³-hybridized carbons (Fsp3) is 0.400. The summed E-state index contributed by atoms with van der Waals surface area (Å²) in [6.07, 6.45) is 0. The highest BCUT2D eigenvalue weighted by molar-refractivity contribution is 6.35. The Kier molecular flexibility index (Phi) is 4.52. The molecule has 0 atom stereocenters. The number of hydrogen-bond donors (Lipinski definition) is 1. The molecule has 0 aliphatic carbocycles. The van der Waals surface area contributed by atoms with Crippen LogP contribution in [0.1, 0.15) is 0 Å². The summed E-state index contributed by atoms with van der Waals surface area (Å²) in [6.45, 7) is 1.85. The van der Waals surface area contributed by atoms with Gasteiger partial charge < -0.3 is 10.2 Å². The van der Waals surface area contributed by atoms with Crippen molar-refractivity contribution in [1.29, 1.82) is 0 Å². The summed E-state index contributed by atoms with van der Waals surface area (Å²) in [5, 5.41) is 4.56. The number of halogens is 2. The van der Waals surface area contributed by atoms with E-state index in [-0.39, 0.29) is 0 Å². The number of anilines is 1. The minimum absolute atomic E-state index is 0.657. The molecular formula is C10H14Cl2N2. The van der Waals surface area contributed by atoms with Crippen molar-refractivity contribution in [1.82, 2.24) is 4.90 Å². The number of nitrogens with zero attached hydrogens (tertiary/aromatic N) is 1. The van der Waals surface area contributed by atoms with Crippen molar-refractivity contribution in [3.05, 3.63) is 28.2 Å². The van der Waals surface area contributed by atoms with E-state index in [1.807, 2.05) is 26.2 Å². The molecule has 0 saturated heterocycles. The van der Waals surface area contributed by atoms with E-state index in [2.05, 4.69) is 10.2 Å². The molecule has 0 unspecified atom stereocenters. The summed E-state index contributed by atoms with van der Waals surface area (Å²) in [5.74, 6) is 0. The van der Waals surface area contributed by atoms with Crippen LogP contribution in [0.15, 0.2) is 18.2 Å². The third-order valence-electron chi connectivity index (χ3n) is 1.75. The van der Waals surface area contributed by atoms with Crippen LogP contribution in [0.5, 0.6) is 0 Å². The predicted molar refractivity (Wildman–Crippen MR) is 63.5 cm³/mol. The van der Waals surface area contributed by atoms with Gasteiger partial charge in [-0.25, -0.2) is 0 Å². The van der Waals surface area contributed by atoms with Gasteiger partial charge in [-0.1, -0.05) is 23.2 Å². The van der Waals surface area contributed by atoms with Crippen molar-refractivity contribution in [3.63, 3.8) is 0 Å². The maximum absolute atomic E-state index is 5.86. The molecule has 0 aliphatic heterocycles. The van der Waals surface area contributed by atoms with Gasteiger partial charge in [0.2, 0.25) is 0 Å². The number of likely N-dealkylation sites (N-methyl/N-ethyl adjacent to an activating group) is 1. The zero-order chi connectivity index (χ0) is 10.6. The van der Waals surface area contributed by atoms with E-state index >= 15 is 0 Å². The summed E-state index contributed by atoms with van der Waals surface area (Å²) >= 11 is 11.7. The van der Waals surface area contributed by atoms with Crippen molar-refractivity contribution < 1.29 is 0 Å². The van der Waals surface area contributed by atoms with Crippen molar-refractivity contribution in [3.8, 4) is 0 Å². The van der Waals surface area contributed by atoms with Crippen LogP contribution in [-0.4, -0.2) is 32.1 Å². The summed E-state index contributed by atoms with van der Waals surface area (Å²) in [7, 11) is 4.07. The van der Waals surface area contributed by atoms with Gasteiger partial charge in [-0.05, 0) is 32.3 Å². The summed E-state index contributed by atoms with van der Waals surface area (Å²) in [5.41, 5.74) is 0.962. The van der Waals surface area contributed by atoms with Gasteiger partial charge in [0.25, 0.3) is 0 Å². The Bertz CT molecular complexity index is 280. The lowest BCUT2D eigenvalue weighted by Gasteiger charge is -2.11. The molecule has 0 bridgehead atoms. The molecule has 78 valence electrons. The first-order chi connectivity index (χ1) is 6.58. The zero-order valence-corrected chi connectivity index (χ0v) is 9.86. The number of nitrogens with one attached hydrogen (secondary N) is 1. The summed E-state index contributed by atoms with van der Waals surface area (Å²) < 4.78 is 0. The van der Waals surface area contributed by atoms with Crippen molar-refractivity contribution in [2.75, 3.05) is 32.5 Å². The van der Waals surface area contributed by atoms with E-state index in [0.29, 0.717) is 10.0 Å². The molecule has 0 heterocycles. The standard InChI is InChI=1S/C10H14Cl2N2/c1-14(2)4-3-13-10-6-8(11)5-9(12)7-10/h5-7,13H,3-4H2,1-2H3. The van der Waals surface area contributed by atoms with Crippen molar-refractivity contribution in [2.24, 2.45) is 0 Å². The van der Waals surface area contributed by atoms with Gasteiger partial charge >= 0.3 is 0 Å². The van der Waals surface area contributed by atoms with Crippen LogP contribution >= 0.6 is 23.2 Å². The van der Waals surface area contributed by atoms with E-state index < -0.39 is 0 Å². The third-order valence-corrected chi connectivity index (χ3v) is 2.19. The van der Waals surface area contributed by atoms with Gasteiger partial charge in [0.05, 0.1) is 0 Å². The molecule has 0 spiro atoms. The maximum Gasteiger partial charge on any atom is 0.0441 e. The first kappa shape index (κ1) is 11.6. The van der Waals surface area contributed by atoms with Gasteiger partial charge in [-0.15, -0.1) is 0 Å². The van der Waals surface area contributed by atoms with Gasteiger partial charge in [0, 0.05) is 28.8 Å². The van der Waals surface area contributed by atoms with Crippen LogP contribution in [-0.2, 0) is 0 Å². The predicted octanol–water partition coefficient (Wildman–Crippen LogP) is 2.97. The van der Waals surface area contributed by atoms with Gasteiger partial charge in [0.1, 0.15) is 0 Å². The second-order valence-corrected chi connectivity index (χ2v) is 4.26. The Labute approximate surface area is 94.8 Å². The largest absolute Gasteiger partial charge is 0.384 e. The van der Waals surface area contributed by atoms with Crippen LogP contribution in [0.3, 0.4) is 0 Å². The lowest BCUT2D eigenvalue weighted by Crippen LogP contribution is -2.20. The molecule has 14 heavy (non-hydrogen) atoms. The monoisotopic (exact) mass is 232 g/mol. The lowest BCUT2D eigenvalue weighted by atomic mass is 10.3. The van der Waals surface area contributed by atoms with Crippen molar-refractivity contribution >= 4 is 28.9 Å². The molecule has 1 rings (SSSR count). The average Bonchev–Trinajstić information content (AvgIpc) is 2.01. The number of rotatable bonds is 4. The summed E-state index contributed by atoms with van der Waals surface area (Å²) in [6, 6.07) is 5.45. The Morgan fingerprint density at radius 3 is 2.21 bits per heavy atom. The first-order valence-electron chi connectivity index (χ1n) is 4.42. The second kappa shape index (κ2) is 5.44. The fourth-order valence-electron chi connectivity index (χ4n) is 1.08. The number of benzene rings is 1. The van der Waals surface area contributed by atoms with Gasteiger partial charge in [0.15, 0.2) is 0 Å². The average molecular weight is 233 g/mol. The van der Waals surface area contributed by atoms with Crippen molar-refractivity contribution in [2.45, 2.75) is 0 Å². The maximum atomic E-state index is 5.86. The molecule has 0 saturated carbocycles. The fourth-order valence-corrected chi connectivity index (χ4v) is 1.61. The van der Waals surface area contributed by atoms with E-state index in [1.165, 1.54) is 0 Å². The normalized spacial score (nSPS) is 10.6. The molecule has 0 aromatic heterocycles. The van der Waals surface area contributed by atoms with Gasteiger partial charge in [-0.2, -0.15) is 0 Å².